The van der Waals surface area contributed by atoms with E-state index in [4.69, 9.17) is 0 Å². The summed E-state index contributed by atoms with van der Waals surface area (Å²) in [6.45, 7) is 15.6. The lowest BCUT2D eigenvalue weighted by Gasteiger charge is -2.33. The number of hydrogen-bond acceptors (Lipinski definition) is 1. The van der Waals surface area contributed by atoms with E-state index in [1.807, 2.05) is 0 Å². The smallest absolute Gasteiger partial charge is 0.0726 e. The summed E-state index contributed by atoms with van der Waals surface area (Å²) in [6, 6.07) is 8.86. The minimum Gasteiger partial charge on any atom is -0.361 e. The van der Waals surface area contributed by atoms with Gasteiger partial charge in [-0.2, -0.15) is 0 Å². The second-order valence-corrected chi connectivity index (χ2v) is 7.90. The van der Waals surface area contributed by atoms with Crippen molar-refractivity contribution in [2.45, 2.75) is 53.5 Å². The van der Waals surface area contributed by atoms with Gasteiger partial charge in [-0.1, -0.05) is 57.2 Å². The molecule has 2 heteroatoms. The molecular formula is C23H30N2. The number of nitrogens with zero attached hydrogens (tertiary/aromatic N) is 1. The largest absolute Gasteiger partial charge is 0.361 e. The lowest BCUT2D eigenvalue weighted by Crippen LogP contribution is -2.30. The van der Waals surface area contributed by atoms with Crippen molar-refractivity contribution in [2.75, 3.05) is 0 Å². The van der Waals surface area contributed by atoms with Crippen LogP contribution in [-0.4, -0.2) is 4.57 Å². The molecule has 0 radical (unpaired) electrons. The minimum absolute atomic E-state index is 0.120. The zero-order valence-electron chi connectivity index (χ0n) is 16.2. The second kappa shape index (κ2) is 6.59. The zero-order chi connectivity index (χ0) is 18.2. The van der Waals surface area contributed by atoms with Gasteiger partial charge >= 0.3 is 0 Å². The summed E-state index contributed by atoms with van der Waals surface area (Å²) in [5.74, 6) is 0. The van der Waals surface area contributed by atoms with Gasteiger partial charge in [0.2, 0.25) is 0 Å². The topological polar surface area (TPSA) is 17.0 Å². The van der Waals surface area contributed by atoms with Gasteiger partial charge in [-0.3, -0.25) is 0 Å². The number of aryl methyl sites for hydroxylation is 1. The first-order chi connectivity index (χ1) is 11.8. The molecule has 3 rings (SSSR count). The van der Waals surface area contributed by atoms with Gasteiger partial charge in [0.05, 0.1) is 6.04 Å². The standard InChI is InChI=1S/C23H30N2/c1-7-20(25-15-17(3)19-10-8-9-11-21(19)25)18(4)24-22-14-16(2)12-13-23(22,5)6/h8-12,14-15,20,24H,4,7,13H2,1-3,5-6H3. The summed E-state index contributed by atoms with van der Waals surface area (Å²) in [7, 11) is 0. The lowest BCUT2D eigenvalue weighted by atomic mass is 9.80. The Morgan fingerprint density at radius 1 is 1.28 bits per heavy atom. The molecule has 25 heavy (non-hydrogen) atoms. The highest BCUT2D eigenvalue weighted by Crippen LogP contribution is 2.36. The first kappa shape index (κ1) is 17.6. The van der Waals surface area contributed by atoms with Crippen LogP contribution in [0, 0.1) is 12.3 Å². The quantitative estimate of drug-likeness (QED) is 0.682. The summed E-state index contributed by atoms with van der Waals surface area (Å²) < 4.78 is 2.37. The molecule has 0 bridgehead atoms. The monoisotopic (exact) mass is 334 g/mol. The normalized spacial score (nSPS) is 17.8. The van der Waals surface area contributed by atoms with E-state index < -0.39 is 0 Å². The molecule has 2 nitrogen and oxygen atoms in total. The molecular weight excluding hydrogens is 304 g/mol. The summed E-state index contributed by atoms with van der Waals surface area (Å²) in [4.78, 5) is 0. The Hall–Kier alpha value is -2.22. The third-order valence-electron chi connectivity index (χ3n) is 5.40. The van der Waals surface area contributed by atoms with Crippen molar-refractivity contribution in [2.24, 2.45) is 5.41 Å². The van der Waals surface area contributed by atoms with Crippen molar-refractivity contribution >= 4 is 10.9 Å². The van der Waals surface area contributed by atoms with Crippen LogP contribution in [0.15, 0.2) is 66.2 Å². The molecule has 1 aliphatic rings. The van der Waals surface area contributed by atoms with Gasteiger partial charge in [-0.25, -0.2) is 0 Å². The third kappa shape index (κ3) is 3.30. The molecule has 1 atom stereocenters. The molecule has 1 unspecified atom stereocenters. The fourth-order valence-electron chi connectivity index (χ4n) is 3.72. The fourth-order valence-corrected chi connectivity index (χ4v) is 3.72. The van der Waals surface area contributed by atoms with Crippen LogP contribution in [-0.2, 0) is 0 Å². The van der Waals surface area contributed by atoms with E-state index in [0.717, 1.165) is 18.5 Å². The van der Waals surface area contributed by atoms with Crippen molar-refractivity contribution in [1.29, 1.82) is 0 Å². The van der Waals surface area contributed by atoms with E-state index in [2.05, 4.69) is 93.7 Å². The predicted molar refractivity (Wildman–Crippen MR) is 109 cm³/mol. The van der Waals surface area contributed by atoms with Crippen molar-refractivity contribution in [3.05, 3.63) is 71.7 Å². The summed E-state index contributed by atoms with van der Waals surface area (Å²) in [5.41, 5.74) is 6.38. The molecule has 1 heterocycles. The van der Waals surface area contributed by atoms with E-state index in [-0.39, 0.29) is 11.5 Å². The maximum atomic E-state index is 4.41. The Morgan fingerprint density at radius 2 is 2.00 bits per heavy atom. The molecule has 2 aromatic rings. The van der Waals surface area contributed by atoms with E-state index >= 15 is 0 Å². The van der Waals surface area contributed by atoms with Crippen LogP contribution in [0.4, 0.5) is 0 Å². The van der Waals surface area contributed by atoms with Crippen LogP contribution in [0.25, 0.3) is 10.9 Å². The van der Waals surface area contributed by atoms with Gasteiger partial charge in [0, 0.05) is 33.9 Å². The molecule has 0 spiro atoms. The SMILES string of the molecule is C=C(NC1=CC(C)=CCC1(C)C)C(CC)n1cc(C)c2ccccc21. The Labute approximate surface area is 151 Å². The van der Waals surface area contributed by atoms with Crippen LogP contribution in [0.1, 0.15) is 52.1 Å². The van der Waals surface area contributed by atoms with E-state index in [1.54, 1.807) is 0 Å². The number of fused-ring (bicyclic) bond motifs is 1. The molecule has 1 aliphatic carbocycles. The maximum Gasteiger partial charge on any atom is 0.0726 e. The Morgan fingerprint density at radius 3 is 2.72 bits per heavy atom. The van der Waals surface area contributed by atoms with Crippen molar-refractivity contribution in [3.63, 3.8) is 0 Å². The highest BCUT2D eigenvalue weighted by molar-refractivity contribution is 5.83. The van der Waals surface area contributed by atoms with Crippen LogP contribution < -0.4 is 5.32 Å². The highest BCUT2D eigenvalue weighted by Gasteiger charge is 2.27. The van der Waals surface area contributed by atoms with Crippen molar-refractivity contribution in [3.8, 4) is 0 Å². The average molecular weight is 335 g/mol. The predicted octanol–water partition coefficient (Wildman–Crippen LogP) is 6.26. The first-order valence-electron chi connectivity index (χ1n) is 9.24. The molecule has 0 fully saturated rings. The number of rotatable bonds is 5. The minimum atomic E-state index is 0.120. The van der Waals surface area contributed by atoms with Gasteiger partial charge in [0.1, 0.15) is 0 Å². The molecule has 132 valence electrons. The number of nitrogens with one attached hydrogen (secondary N) is 1. The molecule has 0 saturated heterocycles. The van der Waals surface area contributed by atoms with Gasteiger partial charge in [0.15, 0.2) is 0 Å². The van der Waals surface area contributed by atoms with Crippen LogP contribution in [0.5, 0.6) is 0 Å². The summed E-state index contributed by atoms with van der Waals surface area (Å²) in [5, 5.41) is 4.99. The maximum absolute atomic E-state index is 4.41. The molecule has 0 aliphatic heterocycles. The fraction of sp³-hybridized carbons (Fsp3) is 0.391. The van der Waals surface area contributed by atoms with Crippen LogP contribution in [0.2, 0.25) is 0 Å². The molecule has 1 N–H and O–H groups in total. The van der Waals surface area contributed by atoms with Crippen LogP contribution >= 0.6 is 0 Å². The molecule has 1 aromatic carbocycles. The number of aromatic nitrogens is 1. The second-order valence-electron chi connectivity index (χ2n) is 7.90. The van der Waals surface area contributed by atoms with Crippen LogP contribution in [0.3, 0.4) is 0 Å². The van der Waals surface area contributed by atoms with Gasteiger partial charge < -0.3 is 9.88 Å². The Kier molecular flexibility index (Phi) is 4.64. The van der Waals surface area contributed by atoms with E-state index in [9.17, 15) is 0 Å². The molecule has 1 aromatic heterocycles. The Balaban J connectivity index is 1.93. The first-order valence-corrected chi connectivity index (χ1v) is 9.24. The van der Waals surface area contributed by atoms with E-state index in [0.29, 0.717) is 0 Å². The zero-order valence-corrected chi connectivity index (χ0v) is 16.2. The number of para-hydroxylation sites is 1. The molecule has 0 saturated carbocycles. The van der Waals surface area contributed by atoms with Crippen molar-refractivity contribution in [1.82, 2.24) is 9.88 Å². The van der Waals surface area contributed by atoms with Gasteiger partial charge in [-0.05, 0) is 44.4 Å². The highest BCUT2D eigenvalue weighted by atomic mass is 15.1. The van der Waals surface area contributed by atoms with Gasteiger partial charge in [-0.15, -0.1) is 0 Å². The van der Waals surface area contributed by atoms with E-state index in [1.165, 1.54) is 27.7 Å². The average Bonchev–Trinajstić information content (AvgIpc) is 2.90. The number of allylic oxidation sites excluding steroid dienone is 5. The summed E-state index contributed by atoms with van der Waals surface area (Å²) >= 11 is 0. The Bertz CT molecular complexity index is 861. The molecule has 0 amide bonds. The lowest BCUT2D eigenvalue weighted by molar-refractivity contribution is 0.411. The summed E-state index contributed by atoms with van der Waals surface area (Å²) in [6.07, 6.45) is 8.91. The van der Waals surface area contributed by atoms with Gasteiger partial charge in [0.25, 0.3) is 0 Å². The number of benzene rings is 1. The number of hydrogen-bond donors (Lipinski definition) is 1. The van der Waals surface area contributed by atoms with Crippen molar-refractivity contribution < 1.29 is 0 Å². The third-order valence-corrected chi connectivity index (χ3v) is 5.40.